The van der Waals surface area contributed by atoms with Crippen molar-refractivity contribution in [2.45, 2.75) is 53.4 Å². The lowest BCUT2D eigenvalue weighted by atomic mass is 10.1. The first-order valence-corrected chi connectivity index (χ1v) is 8.46. The number of benzene rings is 1. The van der Waals surface area contributed by atoms with Crippen LogP contribution in [0.5, 0.6) is 5.75 Å². The van der Waals surface area contributed by atoms with Crippen LogP contribution in [0, 0.1) is 6.92 Å². The highest BCUT2D eigenvalue weighted by Crippen LogP contribution is 2.19. The van der Waals surface area contributed by atoms with E-state index in [0.717, 1.165) is 50.4 Å². The second kappa shape index (κ2) is 10.9. The minimum absolute atomic E-state index is 0.752. The van der Waals surface area contributed by atoms with Gasteiger partial charge in [-0.25, -0.2) is 0 Å². The molecule has 1 aromatic carbocycles. The Morgan fingerprint density at radius 2 is 1.50 bits per heavy atom. The molecule has 0 atom stereocenters. The topological polar surface area (TPSA) is 18.5 Å². The normalized spacial score (nSPS) is 13.5. The zero-order valence-electron chi connectivity index (χ0n) is 14.5. The number of aryl methyl sites for hydroxylation is 1. The maximum Gasteiger partial charge on any atom is 0.122 e. The van der Waals surface area contributed by atoms with E-state index in [4.69, 9.17) is 9.47 Å². The molecule has 0 radical (unpaired) electrons. The largest absolute Gasteiger partial charge is 0.494 e. The first-order valence-electron chi connectivity index (χ1n) is 8.46. The fraction of sp³-hybridized carbons (Fsp3) is 0.500. The predicted octanol–water partition coefficient (Wildman–Crippen LogP) is 5.82. The van der Waals surface area contributed by atoms with E-state index in [1.807, 2.05) is 32.0 Å². The van der Waals surface area contributed by atoms with Crippen LogP contribution in [0.4, 0.5) is 0 Å². The molecule has 0 bridgehead atoms. The van der Waals surface area contributed by atoms with Gasteiger partial charge in [0.15, 0.2) is 0 Å². The quantitative estimate of drug-likeness (QED) is 0.591. The Labute approximate surface area is 135 Å². The second-order valence-electron chi connectivity index (χ2n) is 5.20. The fourth-order valence-corrected chi connectivity index (χ4v) is 2.24. The first kappa shape index (κ1) is 18.3. The molecule has 122 valence electrons. The smallest absolute Gasteiger partial charge is 0.122 e. The lowest BCUT2D eigenvalue weighted by molar-refractivity contribution is 0.200. The monoisotopic (exact) mass is 302 g/mol. The molecule has 0 saturated carbocycles. The Morgan fingerprint density at radius 1 is 0.864 bits per heavy atom. The molecule has 2 nitrogen and oxygen atoms in total. The molecule has 0 unspecified atom stereocenters. The minimum atomic E-state index is 0.752. The summed E-state index contributed by atoms with van der Waals surface area (Å²) in [5, 5.41) is 0. The van der Waals surface area contributed by atoms with Gasteiger partial charge in [-0.1, -0.05) is 38.1 Å². The molecule has 0 aromatic heterocycles. The van der Waals surface area contributed by atoms with E-state index < -0.39 is 0 Å². The van der Waals surface area contributed by atoms with E-state index in [9.17, 15) is 0 Å². The molecule has 0 saturated heterocycles. The van der Waals surface area contributed by atoms with Gasteiger partial charge in [0.25, 0.3) is 0 Å². The van der Waals surface area contributed by atoms with Gasteiger partial charge >= 0.3 is 0 Å². The van der Waals surface area contributed by atoms with Crippen LogP contribution in [0.3, 0.4) is 0 Å². The molecule has 2 rings (SSSR count). The summed E-state index contributed by atoms with van der Waals surface area (Å²) in [6.45, 7) is 9.71. The van der Waals surface area contributed by atoms with E-state index >= 15 is 0 Å². The van der Waals surface area contributed by atoms with E-state index in [-0.39, 0.29) is 0 Å². The summed E-state index contributed by atoms with van der Waals surface area (Å²) in [6.07, 6.45) is 8.72. The minimum Gasteiger partial charge on any atom is -0.494 e. The van der Waals surface area contributed by atoms with Crippen molar-refractivity contribution >= 4 is 0 Å². The lowest BCUT2D eigenvalue weighted by Crippen LogP contribution is -2.03. The van der Waals surface area contributed by atoms with Crippen molar-refractivity contribution in [3.05, 3.63) is 53.3 Å². The Hall–Kier alpha value is -1.70. The standard InChI is InChI=1S/C18H24O2.C2H6/c1-15-9-3-5-11-17(15)19-13-7-8-14-20-18-12-6-4-10-16(18)2;1-2/h3,5,9-12H,4,6-8,13-14H2,1-2H3;1-2H3. The van der Waals surface area contributed by atoms with Crippen molar-refractivity contribution in [3.8, 4) is 5.75 Å². The maximum absolute atomic E-state index is 5.81. The van der Waals surface area contributed by atoms with Crippen molar-refractivity contribution < 1.29 is 9.47 Å². The van der Waals surface area contributed by atoms with E-state index in [1.165, 1.54) is 11.1 Å². The molecule has 1 aromatic rings. The second-order valence-corrected chi connectivity index (χ2v) is 5.20. The summed E-state index contributed by atoms with van der Waals surface area (Å²) < 4.78 is 11.6. The predicted molar refractivity (Wildman–Crippen MR) is 94.3 cm³/mol. The molecule has 22 heavy (non-hydrogen) atoms. The van der Waals surface area contributed by atoms with Crippen molar-refractivity contribution in [1.82, 2.24) is 0 Å². The van der Waals surface area contributed by atoms with Crippen LogP contribution in [-0.4, -0.2) is 13.2 Å². The van der Waals surface area contributed by atoms with Gasteiger partial charge < -0.3 is 9.47 Å². The number of allylic oxidation sites excluding steroid dienone is 3. The molecular formula is C20H30O2. The summed E-state index contributed by atoms with van der Waals surface area (Å²) in [7, 11) is 0. The number of hydrogen-bond donors (Lipinski definition) is 0. The van der Waals surface area contributed by atoms with Gasteiger partial charge in [-0.15, -0.1) is 0 Å². The summed E-state index contributed by atoms with van der Waals surface area (Å²) >= 11 is 0. The van der Waals surface area contributed by atoms with E-state index in [2.05, 4.69) is 32.1 Å². The molecule has 0 spiro atoms. The van der Waals surface area contributed by atoms with Gasteiger partial charge in [-0.2, -0.15) is 0 Å². The SMILES string of the molecule is CC.CC1=CCCC=C1OCCCCOc1ccccc1C. The third-order valence-electron chi connectivity index (χ3n) is 3.48. The van der Waals surface area contributed by atoms with Gasteiger partial charge in [0.1, 0.15) is 11.5 Å². The number of ether oxygens (including phenoxy) is 2. The molecule has 0 fully saturated rings. The fourth-order valence-electron chi connectivity index (χ4n) is 2.24. The van der Waals surface area contributed by atoms with E-state index in [1.54, 1.807) is 0 Å². The molecule has 2 heteroatoms. The Bertz CT molecular complexity index is 486. The molecule has 1 aliphatic rings. The molecule has 1 aliphatic carbocycles. The molecule has 0 aliphatic heterocycles. The number of unbranched alkanes of at least 4 members (excludes halogenated alkanes) is 1. The molecule has 0 N–H and O–H groups in total. The number of hydrogen-bond acceptors (Lipinski definition) is 2. The Balaban J connectivity index is 0.00000116. The Morgan fingerprint density at radius 3 is 2.18 bits per heavy atom. The highest BCUT2D eigenvalue weighted by Gasteiger charge is 2.05. The van der Waals surface area contributed by atoms with Crippen LogP contribution in [0.2, 0.25) is 0 Å². The van der Waals surface area contributed by atoms with Gasteiger partial charge in [0, 0.05) is 0 Å². The van der Waals surface area contributed by atoms with Crippen LogP contribution < -0.4 is 4.74 Å². The first-order chi connectivity index (χ1) is 10.8. The van der Waals surface area contributed by atoms with Crippen LogP contribution in [0.25, 0.3) is 0 Å². The summed E-state index contributed by atoms with van der Waals surface area (Å²) in [4.78, 5) is 0. The molecular weight excluding hydrogens is 272 g/mol. The van der Waals surface area contributed by atoms with Gasteiger partial charge in [0.05, 0.1) is 13.2 Å². The number of para-hydroxylation sites is 1. The summed E-state index contributed by atoms with van der Waals surface area (Å²) in [5.74, 6) is 2.05. The molecule has 0 heterocycles. The van der Waals surface area contributed by atoms with Crippen molar-refractivity contribution in [2.75, 3.05) is 13.2 Å². The third kappa shape index (κ3) is 6.38. The Kier molecular flexibility index (Phi) is 9.13. The zero-order chi connectivity index (χ0) is 16.2. The maximum atomic E-state index is 5.81. The van der Waals surface area contributed by atoms with Gasteiger partial charge in [-0.3, -0.25) is 0 Å². The van der Waals surface area contributed by atoms with E-state index in [0.29, 0.717) is 0 Å². The zero-order valence-corrected chi connectivity index (χ0v) is 14.5. The third-order valence-corrected chi connectivity index (χ3v) is 3.48. The average Bonchev–Trinajstić information content (AvgIpc) is 2.56. The van der Waals surface area contributed by atoms with Gasteiger partial charge in [-0.05, 0) is 62.8 Å². The average molecular weight is 302 g/mol. The van der Waals surface area contributed by atoms with Crippen LogP contribution >= 0.6 is 0 Å². The highest BCUT2D eigenvalue weighted by molar-refractivity contribution is 5.31. The molecule has 0 amide bonds. The summed E-state index contributed by atoms with van der Waals surface area (Å²) in [5.41, 5.74) is 2.46. The van der Waals surface area contributed by atoms with Crippen LogP contribution in [0.1, 0.15) is 52.0 Å². The van der Waals surface area contributed by atoms with Crippen molar-refractivity contribution in [3.63, 3.8) is 0 Å². The van der Waals surface area contributed by atoms with Crippen LogP contribution in [-0.2, 0) is 4.74 Å². The highest BCUT2D eigenvalue weighted by atomic mass is 16.5. The summed E-state index contributed by atoms with van der Waals surface area (Å²) in [6, 6.07) is 8.13. The van der Waals surface area contributed by atoms with Gasteiger partial charge in [0.2, 0.25) is 0 Å². The number of rotatable bonds is 7. The van der Waals surface area contributed by atoms with Crippen molar-refractivity contribution in [1.29, 1.82) is 0 Å². The lowest BCUT2D eigenvalue weighted by Gasteiger charge is -2.14. The van der Waals surface area contributed by atoms with Crippen LogP contribution in [0.15, 0.2) is 47.7 Å². The van der Waals surface area contributed by atoms with Crippen molar-refractivity contribution in [2.24, 2.45) is 0 Å².